The topological polar surface area (TPSA) is 102 Å². The number of nitrogens with one attached hydrogen (secondary N) is 2. The van der Waals surface area contributed by atoms with E-state index < -0.39 is 0 Å². The second kappa shape index (κ2) is 10.7. The van der Waals surface area contributed by atoms with Crippen LogP contribution in [0.15, 0.2) is 42.5 Å². The van der Waals surface area contributed by atoms with Crippen LogP contribution in [0.1, 0.15) is 44.6 Å². The Labute approximate surface area is 191 Å². The highest BCUT2D eigenvalue weighted by Crippen LogP contribution is 2.24. The van der Waals surface area contributed by atoms with E-state index in [9.17, 15) is 9.59 Å². The molecule has 3 rings (SSSR count). The average molecular weight is 455 g/mol. The molecule has 2 amide bonds. The number of hydrogen-bond donors (Lipinski definition) is 2. The molecule has 0 saturated carbocycles. The molecule has 1 aromatic heterocycles. The molecule has 2 N–H and O–H groups in total. The summed E-state index contributed by atoms with van der Waals surface area (Å²) in [6.07, 6.45) is 0.789. The predicted octanol–water partition coefficient (Wildman–Crippen LogP) is 3.94. The van der Waals surface area contributed by atoms with Gasteiger partial charge in [0.2, 0.25) is 5.01 Å². The third-order valence-corrected chi connectivity index (χ3v) is 5.53. The van der Waals surface area contributed by atoms with Crippen LogP contribution in [0.4, 0.5) is 5.69 Å². The monoisotopic (exact) mass is 454 g/mol. The van der Waals surface area contributed by atoms with Gasteiger partial charge in [-0.3, -0.25) is 9.59 Å². The standard InChI is InChI=1S/C23H26N4O4S/c1-14(2)11-20-26-27-23(32-20)22(29)25-17-8-5-15(6-9-17)21(28)24-13-16-7-10-18(30-3)12-19(16)31-4/h5-10,12,14H,11,13H2,1-4H3,(H,24,28)(H,25,29). The van der Waals surface area contributed by atoms with Gasteiger partial charge < -0.3 is 20.1 Å². The van der Waals surface area contributed by atoms with E-state index in [1.807, 2.05) is 12.1 Å². The molecular formula is C23H26N4O4S. The van der Waals surface area contributed by atoms with Crippen molar-refractivity contribution < 1.29 is 19.1 Å². The lowest BCUT2D eigenvalue weighted by Gasteiger charge is -2.11. The van der Waals surface area contributed by atoms with Crippen LogP contribution in [0, 0.1) is 5.92 Å². The molecule has 2 aromatic carbocycles. The molecule has 0 radical (unpaired) electrons. The fraction of sp³-hybridized carbons (Fsp3) is 0.304. The molecule has 3 aromatic rings. The van der Waals surface area contributed by atoms with Crippen LogP contribution in [0.25, 0.3) is 0 Å². The number of amides is 2. The number of benzene rings is 2. The normalized spacial score (nSPS) is 10.7. The Morgan fingerprint density at radius 3 is 2.41 bits per heavy atom. The minimum absolute atomic E-state index is 0.233. The van der Waals surface area contributed by atoms with Gasteiger partial charge in [0.05, 0.1) is 14.2 Å². The van der Waals surface area contributed by atoms with Crippen LogP contribution in [0.2, 0.25) is 0 Å². The molecule has 9 heteroatoms. The van der Waals surface area contributed by atoms with E-state index in [2.05, 4.69) is 34.7 Å². The maximum absolute atomic E-state index is 12.5. The van der Waals surface area contributed by atoms with Gasteiger partial charge >= 0.3 is 0 Å². The molecule has 32 heavy (non-hydrogen) atoms. The van der Waals surface area contributed by atoms with Crippen molar-refractivity contribution in [1.82, 2.24) is 15.5 Å². The van der Waals surface area contributed by atoms with E-state index in [1.54, 1.807) is 44.6 Å². The van der Waals surface area contributed by atoms with Crippen molar-refractivity contribution >= 4 is 28.8 Å². The summed E-state index contributed by atoms with van der Waals surface area (Å²) in [7, 11) is 3.15. The van der Waals surface area contributed by atoms with Crippen molar-refractivity contribution in [2.45, 2.75) is 26.8 Å². The summed E-state index contributed by atoms with van der Waals surface area (Å²) in [6.45, 7) is 4.49. The first-order chi connectivity index (χ1) is 15.4. The summed E-state index contributed by atoms with van der Waals surface area (Å²) in [5.74, 6) is 1.21. The number of carbonyl (C=O) groups is 2. The van der Waals surface area contributed by atoms with Gasteiger partial charge in [-0.05, 0) is 42.3 Å². The molecule has 0 spiro atoms. The Morgan fingerprint density at radius 2 is 1.75 bits per heavy atom. The number of nitrogens with zero attached hydrogens (tertiary/aromatic N) is 2. The van der Waals surface area contributed by atoms with Crippen LogP contribution in [0.5, 0.6) is 11.5 Å². The van der Waals surface area contributed by atoms with Crippen molar-refractivity contribution in [1.29, 1.82) is 0 Å². The highest BCUT2D eigenvalue weighted by atomic mass is 32.1. The quantitative estimate of drug-likeness (QED) is 0.508. The van der Waals surface area contributed by atoms with Gasteiger partial charge in [-0.2, -0.15) is 0 Å². The molecule has 0 saturated heterocycles. The lowest BCUT2D eigenvalue weighted by Crippen LogP contribution is -2.23. The van der Waals surface area contributed by atoms with Gasteiger partial charge in [-0.1, -0.05) is 25.2 Å². The Morgan fingerprint density at radius 1 is 1.00 bits per heavy atom. The van der Waals surface area contributed by atoms with E-state index in [-0.39, 0.29) is 11.8 Å². The molecule has 0 unspecified atom stereocenters. The average Bonchev–Trinajstić information content (AvgIpc) is 3.25. The smallest absolute Gasteiger partial charge is 0.286 e. The maximum Gasteiger partial charge on any atom is 0.286 e. The van der Waals surface area contributed by atoms with E-state index in [0.717, 1.165) is 17.0 Å². The zero-order valence-corrected chi connectivity index (χ0v) is 19.3. The first-order valence-corrected chi connectivity index (χ1v) is 10.9. The molecule has 0 aliphatic rings. The lowest BCUT2D eigenvalue weighted by molar-refractivity contribution is 0.0950. The van der Waals surface area contributed by atoms with Crippen molar-refractivity contribution in [3.05, 3.63) is 63.6 Å². The van der Waals surface area contributed by atoms with Gasteiger partial charge in [-0.25, -0.2) is 0 Å². The van der Waals surface area contributed by atoms with Gasteiger partial charge in [0.1, 0.15) is 16.5 Å². The summed E-state index contributed by atoms with van der Waals surface area (Å²) in [5, 5.41) is 14.8. The number of aromatic nitrogens is 2. The summed E-state index contributed by atoms with van der Waals surface area (Å²) in [5.41, 5.74) is 1.88. The van der Waals surface area contributed by atoms with Gasteiger partial charge in [0.25, 0.3) is 11.8 Å². The van der Waals surface area contributed by atoms with Gasteiger partial charge in [0.15, 0.2) is 0 Å². The van der Waals surface area contributed by atoms with E-state index >= 15 is 0 Å². The molecule has 8 nitrogen and oxygen atoms in total. The van der Waals surface area contributed by atoms with Crippen LogP contribution in [-0.2, 0) is 13.0 Å². The Kier molecular flexibility index (Phi) is 7.77. The van der Waals surface area contributed by atoms with Crippen molar-refractivity contribution in [2.75, 3.05) is 19.5 Å². The van der Waals surface area contributed by atoms with E-state index in [0.29, 0.717) is 40.2 Å². The number of hydrogen-bond acceptors (Lipinski definition) is 7. The third-order valence-electron chi connectivity index (χ3n) is 4.58. The van der Waals surface area contributed by atoms with E-state index in [1.165, 1.54) is 11.3 Å². The molecule has 0 atom stereocenters. The summed E-state index contributed by atoms with van der Waals surface area (Å²) in [6, 6.07) is 12.1. The van der Waals surface area contributed by atoms with Crippen molar-refractivity contribution in [3.8, 4) is 11.5 Å². The van der Waals surface area contributed by atoms with Crippen molar-refractivity contribution in [3.63, 3.8) is 0 Å². The molecule has 168 valence electrons. The first kappa shape index (κ1) is 23.2. The zero-order valence-electron chi connectivity index (χ0n) is 18.5. The van der Waals surface area contributed by atoms with Crippen molar-refractivity contribution in [2.24, 2.45) is 5.92 Å². The highest BCUT2D eigenvalue weighted by molar-refractivity contribution is 7.13. The van der Waals surface area contributed by atoms with Crippen LogP contribution < -0.4 is 20.1 Å². The Balaban J connectivity index is 1.57. The Bertz CT molecular complexity index is 1080. The molecule has 0 fully saturated rings. The number of rotatable bonds is 9. The Hall–Kier alpha value is -3.46. The van der Waals surface area contributed by atoms with E-state index in [4.69, 9.17) is 9.47 Å². The number of anilines is 1. The summed E-state index contributed by atoms with van der Waals surface area (Å²) in [4.78, 5) is 24.9. The first-order valence-electron chi connectivity index (χ1n) is 10.1. The lowest BCUT2D eigenvalue weighted by atomic mass is 10.1. The molecule has 0 aliphatic heterocycles. The molecule has 0 bridgehead atoms. The maximum atomic E-state index is 12.5. The summed E-state index contributed by atoms with van der Waals surface area (Å²) >= 11 is 1.29. The van der Waals surface area contributed by atoms with Crippen LogP contribution in [0.3, 0.4) is 0 Å². The minimum Gasteiger partial charge on any atom is -0.497 e. The third kappa shape index (κ3) is 6.04. The fourth-order valence-electron chi connectivity index (χ4n) is 2.94. The molecular weight excluding hydrogens is 428 g/mol. The molecule has 1 heterocycles. The van der Waals surface area contributed by atoms with Gasteiger partial charge in [0, 0.05) is 35.8 Å². The zero-order chi connectivity index (χ0) is 23.1. The van der Waals surface area contributed by atoms with Crippen LogP contribution in [-0.4, -0.2) is 36.2 Å². The number of ether oxygens (including phenoxy) is 2. The predicted molar refractivity (Wildman–Crippen MR) is 124 cm³/mol. The highest BCUT2D eigenvalue weighted by Gasteiger charge is 2.14. The SMILES string of the molecule is COc1ccc(CNC(=O)c2ccc(NC(=O)c3nnc(CC(C)C)s3)cc2)c(OC)c1. The van der Waals surface area contributed by atoms with Crippen LogP contribution >= 0.6 is 11.3 Å². The second-order valence-corrected chi connectivity index (χ2v) is 8.55. The summed E-state index contributed by atoms with van der Waals surface area (Å²) < 4.78 is 10.5. The second-order valence-electron chi connectivity index (χ2n) is 7.49. The van der Waals surface area contributed by atoms with Gasteiger partial charge in [-0.15, -0.1) is 10.2 Å². The fourth-order valence-corrected chi connectivity index (χ4v) is 3.89. The molecule has 0 aliphatic carbocycles. The largest absolute Gasteiger partial charge is 0.497 e. The number of carbonyl (C=O) groups excluding carboxylic acids is 2. The minimum atomic E-state index is -0.318. The number of methoxy groups -OCH3 is 2.